The van der Waals surface area contributed by atoms with Gasteiger partial charge in [0.1, 0.15) is 0 Å². The Morgan fingerprint density at radius 1 is 1.07 bits per heavy atom. The quantitative estimate of drug-likeness (QED) is 0.663. The zero-order valence-corrected chi connectivity index (χ0v) is 9.41. The summed E-state index contributed by atoms with van der Waals surface area (Å²) >= 11 is 0. The highest BCUT2D eigenvalue weighted by atomic mass is 14.8. The minimum absolute atomic E-state index is 0.0659. The SMILES string of the molecule is CC(C)(C)c1ccc2cccc(N)c2n1. The van der Waals surface area contributed by atoms with Gasteiger partial charge in [-0.3, -0.25) is 4.98 Å². The molecule has 0 saturated carbocycles. The summed E-state index contributed by atoms with van der Waals surface area (Å²) in [6.45, 7) is 6.46. The van der Waals surface area contributed by atoms with Crippen LogP contribution in [0.1, 0.15) is 26.5 Å². The number of para-hydroxylation sites is 1. The molecule has 15 heavy (non-hydrogen) atoms. The predicted molar refractivity (Wildman–Crippen MR) is 64.9 cm³/mol. The van der Waals surface area contributed by atoms with Gasteiger partial charge in [-0.05, 0) is 12.1 Å². The van der Waals surface area contributed by atoms with E-state index in [0.29, 0.717) is 0 Å². The van der Waals surface area contributed by atoms with Gasteiger partial charge in [0.25, 0.3) is 0 Å². The number of nitrogen functional groups attached to an aromatic ring is 1. The molecule has 0 aliphatic heterocycles. The number of fused-ring (bicyclic) bond motifs is 1. The third-order valence-corrected chi connectivity index (χ3v) is 2.52. The first-order valence-electron chi connectivity index (χ1n) is 5.14. The molecule has 0 radical (unpaired) electrons. The lowest BCUT2D eigenvalue weighted by Crippen LogP contribution is -2.13. The molecule has 0 unspecified atom stereocenters. The van der Waals surface area contributed by atoms with Crippen molar-refractivity contribution in [2.75, 3.05) is 5.73 Å². The molecule has 0 atom stereocenters. The Morgan fingerprint density at radius 2 is 1.80 bits per heavy atom. The van der Waals surface area contributed by atoms with Gasteiger partial charge in [0, 0.05) is 16.5 Å². The molecule has 0 amide bonds. The van der Waals surface area contributed by atoms with Gasteiger partial charge in [0.05, 0.1) is 11.2 Å². The first kappa shape index (κ1) is 9.97. The normalized spacial score (nSPS) is 11.9. The number of anilines is 1. The summed E-state index contributed by atoms with van der Waals surface area (Å²) in [7, 11) is 0. The van der Waals surface area contributed by atoms with Crippen LogP contribution in [0.25, 0.3) is 10.9 Å². The van der Waals surface area contributed by atoms with Crippen molar-refractivity contribution in [2.45, 2.75) is 26.2 Å². The Morgan fingerprint density at radius 3 is 2.47 bits per heavy atom. The third kappa shape index (κ3) is 1.80. The van der Waals surface area contributed by atoms with E-state index in [1.54, 1.807) is 0 Å². The molecule has 0 spiro atoms. The van der Waals surface area contributed by atoms with Gasteiger partial charge >= 0.3 is 0 Å². The van der Waals surface area contributed by atoms with Gasteiger partial charge in [-0.15, -0.1) is 0 Å². The molecule has 0 bridgehead atoms. The highest BCUT2D eigenvalue weighted by Crippen LogP contribution is 2.25. The predicted octanol–water partition coefficient (Wildman–Crippen LogP) is 3.11. The lowest BCUT2D eigenvalue weighted by Gasteiger charge is -2.18. The molecule has 2 nitrogen and oxygen atoms in total. The summed E-state index contributed by atoms with van der Waals surface area (Å²) in [5, 5.41) is 1.10. The van der Waals surface area contributed by atoms with E-state index in [-0.39, 0.29) is 5.41 Å². The highest BCUT2D eigenvalue weighted by molar-refractivity contribution is 5.89. The number of hydrogen-bond donors (Lipinski definition) is 1. The smallest absolute Gasteiger partial charge is 0.0934 e. The average Bonchev–Trinajstić information content (AvgIpc) is 2.16. The second kappa shape index (κ2) is 3.23. The fourth-order valence-corrected chi connectivity index (χ4v) is 1.59. The molecule has 1 aromatic heterocycles. The molecule has 0 fully saturated rings. The van der Waals surface area contributed by atoms with Crippen LogP contribution in [0.2, 0.25) is 0 Å². The zero-order valence-electron chi connectivity index (χ0n) is 9.41. The summed E-state index contributed by atoms with van der Waals surface area (Å²) in [5.74, 6) is 0. The van der Waals surface area contributed by atoms with Gasteiger partial charge in [0.15, 0.2) is 0 Å². The summed E-state index contributed by atoms with van der Waals surface area (Å²) in [6, 6.07) is 10.0. The van der Waals surface area contributed by atoms with E-state index in [9.17, 15) is 0 Å². The van der Waals surface area contributed by atoms with Crippen LogP contribution < -0.4 is 5.73 Å². The summed E-state index contributed by atoms with van der Waals surface area (Å²) in [6.07, 6.45) is 0. The lowest BCUT2D eigenvalue weighted by atomic mass is 9.91. The summed E-state index contributed by atoms with van der Waals surface area (Å²) in [5.41, 5.74) is 8.70. The molecule has 2 rings (SSSR count). The number of nitrogens with two attached hydrogens (primary N) is 1. The molecule has 78 valence electrons. The van der Waals surface area contributed by atoms with E-state index in [0.717, 1.165) is 22.3 Å². The topological polar surface area (TPSA) is 38.9 Å². The first-order valence-corrected chi connectivity index (χ1v) is 5.14. The van der Waals surface area contributed by atoms with Crippen molar-refractivity contribution < 1.29 is 0 Å². The third-order valence-electron chi connectivity index (χ3n) is 2.52. The minimum Gasteiger partial charge on any atom is -0.397 e. The fraction of sp³-hybridized carbons (Fsp3) is 0.308. The Bertz CT molecular complexity index is 495. The molecular formula is C13H16N2. The second-order valence-corrected chi connectivity index (χ2v) is 4.87. The van der Waals surface area contributed by atoms with Crippen LogP contribution in [0.15, 0.2) is 30.3 Å². The lowest BCUT2D eigenvalue weighted by molar-refractivity contribution is 0.571. The van der Waals surface area contributed by atoms with Gasteiger partial charge in [-0.25, -0.2) is 0 Å². The van der Waals surface area contributed by atoms with Crippen molar-refractivity contribution in [3.05, 3.63) is 36.0 Å². The molecular weight excluding hydrogens is 184 g/mol. The van der Waals surface area contributed by atoms with Crippen LogP contribution in [-0.2, 0) is 5.41 Å². The van der Waals surface area contributed by atoms with Crippen molar-refractivity contribution in [3.63, 3.8) is 0 Å². The Kier molecular flexibility index (Phi) is 2.14. The van der Waals surface area contributed by atoms with Crippen LogP contribution in [-0.4, -0.2) is 4.98 Å². The number of pyridine rings is 1. The molecule has 1 heterocycles. The van der Waals surface area contributed by atoms with Crippen LogP contribution >= 0.6 is 0 Å². The van der Waals surface area contributed by atoms with E-state index in [4.69, 9.17) is 5.73 Å². The summed E-state index contributed by atoms with van der Waals surface area (Å²) < 4.78 is 0. The second-order valence-electron chi connectivity index (χ2n) is 4.87. The first-order chi connectivity index (χ1) is 6.98. The average molecular weight is 200 g/mol. The fourth-order valence-electron chi connectivity index (χ4n) is 1.59. The molecule has 0 saturated heterocycles. The Balaban J connectivity index is 2.70. The zero-order chi connectivity index (χ0) is 11.1. The molecule has 0 aliphatic carbocycles. The molecule has 2 heteroatoms. The number of nitrogens with zero attached hydrogens (tertiary/aromatic N) is 1. The van der Waals surface area contributed by atoms with E-state index < -0.39 is 0 Å². The van der Waals surface area contributed by atoms with Crippen LogP contribution in [0.4, 0.5) is 5.69 Å². The Hall–Kier alpha value is -1.57. The van der Waals surface area contributed by atoms with Crippen molar-refractivity contribution in [1.29, 1.82) is 0 Å². The van der Waals surface area contributed by atoms with Gasteiger partial charge < -0.3 is 5.73 Å². The van der Waals surface area contributed by atoms with E-state index >= 15 is 0 Å². The molecule has 1 aromatic carbocycles. The number of benzene rings is 1. The minimum atomic E-state index is 0.0659. The van der Waals surface area contributed by atoms with Crippen LogP contribution in [0.5, 0.6) is 0 Å². The highest BCUT2D eigenvalue weighted by Gasteiger charge is 2.15. The Labute approximate surface area is 90.1 Å². The number of aromatic nitrogens is 1. The summed E-state index contributed by atoms with van der Waals surface area (Å²) in [4.78, 5) is 4.62. The number of hydrogen-bond acceptors (Lipinski definition) is 2. The van der Waals surface area contributed by atoms with Crippen LogP contribution in [0, 0.1) is 0 Å². The van der Waals surface area contributed by atoms with Gasteiger partial charge in [-0.1, -0.05) is 39.0 Å². The standard InChI is InChI=1S/C13H16N2/c1-13(2,3)11-8-7-9-5-4-6-10(14)12(9)15-11/h4-8H,14H2,1-3H3. The monoisotopic (exact) mass is 200 g/mol. The maximum atomic E-state index is 5.91. The van der Waals surface area contributed by atoms with E-state index in [1.165, 1.54) is 0 Å². The van der Waals surface area contributed by atoms with Crippen molar-refractivity contribution in [3.8, 4) is 0 Å². The van der Waals surface area contributed by atoms with Crippen LogP contribution in [0.3, 0.4) is 0 Å². The van der Waals surface area contributed by atoms with Gasteiger partial charge in [0.2, 0.25) is 0 Å². The molecule has 2 N–H and O–H groups in total. The number of rotatable bonds is 0. The molecule has 0 aliphatic rings. The largest absolute Gasteiger partial charge is 0.397 e. The van der Waals surface area contributed by atoms with E-state index in [1.807, 2.05) is 18.2 Å². The van der Waals surface area contributed by atoms with Crippen molar-refractivity contribution in [1.82, 2.24) is 4.98 Å². The molecule has 2 aromatic rings. The van der Waals surface area contributed by atoms with Crippen molar-refractivity contribution in [2.24, 2.45) is 0 Å². The van der Waals surface area contributed by atoms with Gasteiger partial charge in [-0.2, -0.15) is 0 Å². The maximum absolute atomic E-state index is 5.91. The van der Waals surface area contributed by atoms with E-state index in [2.05, 4.69) is 37.9 Å². The van der Waals surface area contributed by atoms with Crippen molar-refractivity contribution >= 4 is 16.6 Å². The maximum Gasteiger partial charge on any atom is 0.0934 e.